The van der Waals surface area contributed by atoms with Gasteiger partial charge in [-0.25, -0.2) is 9.37 Å². The molecule has 0 aliphatic carbocycles. The van der Waals surface area contributed by atoms with Gasteiger partial charge >= 0.3 is 0 Å². The van der Waals surface area contributed by atoms with Crippen LogP contribution in [0.3, 0.4) is 0 Å². The van der Waals surface area contributed by atoms with Crippen molar-refractivity contribution in [3.63, 3.8) is 0 Å². The number of hydrogen-bond donors (Lipinski definition) is 1. The maximum absolute atomic E-state index is 13.8. The van der Waals surface area contributed by atoms with E-state index in [1.807, 2.05) is 11.9 Å². The van der Waals surface area contributed by atoms with E-state index in [9.17, 15) is 4.39 Å². The lowest BCUT2D eigenvalue weighted by Crippen LogP contribution is -2.21. The summed E-state index contributed by atoms with van der Waals surface area (Å²) in [6.45, 7) is 3.13. The zero-order valence-electron chi connectivity index (χ0n) is 9.33. The van der Waals surface area contributed by atoms with E-state index in [4.69, 9.17) is 5.73 Å². The van der Waals surface area contributed by atoms with Gasteiger partial charge in [-0.2, -0.15) is 0 Å². The lowest BCUT2D eigenvalue weighted by molar-refractivity contribution is 0.596. The monoisotopic (exact) mass is 211 g/mol. The molecule has 4 heteroatoms. The molecule has 84 valence electrons. The summed E-state index contributed by atoms with van der Waals surface area (Å²) in [5, 5.41) is 0. The molecule has 0 saturated heterocycles. The average Bonchev–Trinajstić information content (AvgIpc) is 2.26. The minimum atomic E-state index is -0.293. The van der Waals surface area contributed by atoms with Crippen LogP contribution < -0.4 is 10.6 Å². The molecule has 1 heterocycles. The van der Waals surface area contributed by atoms with Gasteiger partial charge in [-0.3, -0.25) is 0 Å². The molecule has 0 bridgehead atoms. The maximum Gasteiger partial charge on any atom is 0.170 e. The second kappa shape index (κ2) is 5.66. The van der Waals surface area contributed by atoms with Crippen molar-refractivity contribution in [1.82, 2.24) is 4.98 Å². The predicted molar refractivity (Wildman–Crippen MR) is 60.3 cm³/mol. The van der Waals surface area contributed by atoms with Crippen molar-refractivity contribution in [3.8, 4) is 0 Å². The van der Waals surface area contributed by atoms with Crippen molar-refractivity contribution in [2.24, 2.45) is 5.73 Å². The van der Waals surface area contributed by atoms with Gasteiger partial charge in [0, 0.05) is 31.9 Å². The van der Waals surface area contributed by atoms with Gasteiger partial charge < -0.3 is 10.6 Å². The fourth-order valence-electron chi connectivity index (χ4n) is 1.40. The molecule has 0 saturated carbocycles. The quantitative estimate of drug-likeness (QED) is 0.809. The molecule has 0 fully saturated rings. The van der Waals surface area contributed by atoms with Gasteiger partial charge in [-0.05, 0) is 12.5 Å². The fourth-order valence-corrected chi connectivity index (χ4v) is 1.40. The third-order valence-electron chi connectivity index (χ3n) is 2.38. The van der Waals surface area contributed by atoms with Crippen LogP contribution in [0.2, 0.25) is 0 Å². The lowest BCUT2D eigenvalue weighted by Gasteiger charge is -2.19. The molecule has 0 spiro atoms. The van der Waals surface area contributed by atoms with E-state index in [0.29, 0.717) is 11.4 Å². The number of pyridine rings is 1. The predicted octanol–water partition coefficient (Wildman–Crippen LogP) is 1.92. The first-order valence-corrected chi connectivity index (χ1v) is 5.25. The third-order valence-corrected chi connectivity index (χ3v) is 2.38. The van der Waals surface area contributed by atoms with Crippen molar-refractivity contribution in [2.75, 3.05) is 18.5 Å². The molecular weight excluding hydrogens is 193 g/mol. The third kappa shape index (κ3) is 2.89. The molecule has 0 unspecified atom stereocenters. The summed E-state index contributed by atoms with van der Waals surface area (Å²) in [6.07, 6.45) is 3.72. The smallest absolute Gasteiger partial charge is 0.170 e. The molecule has 15 heavy (non-hydrogen) atoms. The van der Waals surface area contributed by atoms with Gasteiger partial charge in [0.15, 0.2) is 11.6 Å². The van der Waals surface area contributed by atoms with E-state index >= 15 is 0 Å². The zero-order valence-corrected chi connectivity index (χ0v) is 9.33. The van der Waals surface area contributed by atoms with E-state index in [-0.39, 0.29) is 12.4 Å². The van der Waals surface area contributed by atoms with Crippen molar-refractivity contribution in [3.05, 3.63) is 23.6 Å². The fraction of sp³-hybridized carbons (Fsp3) is 0.545. The number of anilines is 1. The number of nitrogens with two attached hydrogens (primary N) is 1. The average molecular weight is 211 g/mol. The van der Waals surface area contributed by atoms with Crippen LogP contribution in [0.5, 0.6) is 0 Å². The zero-order chi connectivity index (χ0) is 11.3. The molecule has 0 amide bonds. The highest BCUT2D eigenvalue weighted by molar-refractivity contribution is 5.42. The van der Waals surface area contributed by atoms with E-state index in [2.05, 4.69) is 11.9 Å². The van der Waals surface area contributed by atoms with Gasteiger partial charge in [0.1, 0.15) is 0 Å². The molecule has 0 aliphatic heterocycles. The SMILES string of the molecule is CCCCN(C)c1nccc(CN)c1F. The molecule has 2 N–H and O–H groups in total. The number of nitrogens with zero attached hydrogens (tertiary/aromatic N) is 2. The molecule has 1 aromatic heterocycles. The highest BCUT2D eigenvalue weighted by Crippen LogP contribution is 2.18. The molecular formula is C11H18FN3. The molecule has 1 aromatic rings. The van der Waals surface area contributed by atoms with Crippen LogP contribution in [-0.2, 0) is 6.54 Å². The summed E-state index contributed by atoms with van der Waals surface area (Å²) < 4.78 is 13.8. The molecule has 1 rings (SSSR count). The van der Waals surface area contributed by atoms with Crippen molar-refractivity contribution >= 4 is 5.82 Å². The standard InChI is InChI=1S/C11H18FN3/c1-3-4-7-15(2)11-10(12)9(8-13)5-6-14-11/h5-6H,3-4,7-8,13H2,1-2H3. The molecule has 3 nitrogen and oxygen atoms in total. The van der Waals surface area contributed by atoms with Gasteiger partial charge in [0.05, 0.1) is 0 Å². The van der Waals surface area contributed by atoms with Crippen LogP contribution in [0, 0.1) is 5.82 Å². The largest absolute Gasteiger partial charge is 0.357 e. The van der Waals surface area contributed by atoms with Crippen LogP contribution >= 0.6 is 0 Å². The first-order valence-electron chi connectivity index (χ1n) is 5.25. The van der Waals surface area contributed by atoms with Gasteiger partial charge in [0.25, 0.3) is 0 Å². The topological polar surface area (TPSA) is 42.2 Å². The normalized spacial score (nSPS) is 10.4. The number of rotatable bonds is 5. The molecule has 0 atom stereocenters. The summed E-state index contributed by atoms with van der Waals surface area (Å²) in [5.41, 5.74) is 5.95. The summed E-state index contributed by atoms with van der Waals surface area (Å²) >= 11 is 0. The molecule has 0 aromatic carbocycles. The highest BCUT2D eigenvalue weighted by atomic mass is 19.1. The highest BCUT2D eigenvalue weighted by Gasteiger charge is 2.11. The summed E-state index contributed by atoms with van der Waals surface area (Å²) in [4.78, 5) is 5.87. The van der Waals surface area contributed by atoms with Crippen LogP contribution in [0.1, 0.15) is 25.3 Å². The molecule has 0 aliphatic rings. The Morgan fingerprint density at radius 2 is 2.27 bits per heavy atom. The van der Waals surface area contributed by atoms with Crippen LogP contribution in [0.15, 0.2) is 12.3 Å². The number of unbranched alkanes of at least 4 members (excludes halogenated alkanes) is 1. The Morgan fingerprint density at radius 1 is 1.53 bits per heavy atom. The Morgan fingerprint density at radius 3 is 2.87 bits per heavy atom. The Balaban J connectivity index is 2.83. The van der Waals surface area contributed by atoms with Gasteiger partial charge in [-0.1, -0.05) is 13.3 Å². The summed E-state index contributed by atoms with van der Waals surface area (Å²) in [7, 11) is 1.85. The second-order valence-electron chi connectivity index (χ2n) is 3.59. The number of aromatic nitrogens is 1. The van der Waals surface area contributed by atoms with Crippen LogP contribution in [-0.4, -0.2) is 18.6 Å². The Kier molecular flexibility index (Phi) is 4.49. The van der Waals surface area contributed by atoms with Gasteiger partial charge in [0.2, 0.25) is 0 Å². The lowest BCUT2D eigenvalue weighted by atomic mass is 10.2. The van der Waals surface area contributed by atoms with Gasteiger partial charge in [-0.15, -0.1) is 0 Å². The van der Waals surface area contributed by atoms with E-state index in [0.717, 1.165) is 19.4 Å². The number of halogens is 1. The van der Waals surface area contributed by atoms with Crippen molar-refractivity contribution in [1.29, 1.82) is 0 Å². The van der Waals surface area contributed by atoms with E-state index in [1.54, 1.807) is 12.3 Å². The number of hydrogen-bond acceptors (Lipinski definition) is 3. The maximum atomic E-state index is 13.8. The molecule has 0 radical (unpaired) electrons. The minimum absolute atomic E-state index is 0.211. The summed E-state index contributed by atoms with van der Waals surface area (Å²) in [5.74, 6) is 0.102. The second-order valence-corrected chi connectivity index (χ2v) is 3.59. The summed E-state index contributed by atoms with van der Waals surface area (Å²) in [6, 6.07) is 1.62. The van der Waals surface area contributed by atoms with E-state index < -0.39 is 0 Å². The van der Waals surface area contributed by atoms with E-state index in [1.165, 1.54) is 0 Å². The Bertz CT molecular complexity index is 315. The Labute approximate surface area is 90.1 Å². The first kappa shape index (κ1) is 11.9. The first-order chi connectivity index (χ1) is 7.20. The van der Waals surface area contributed by atoms with Crippen molar-refractivity contribution in [2.45, 2.75) is 26.3 Å². The Hall–Kier alpha value is -1.16. The minimum Gasteiger partial charge on any atom is -0.357 e. The van der Waals surface area contributed by atoms with Crippen LogP contribution in [0.4, 0.5) is 10.2 Å². The van der Waals surface area contributed by atoms with Crippen LogP contribution in [0.25, 0.3) is 0 Å². The van der Waals surface area contributed by atoms with Crippen molar-refractivity contribution < 1.29 is 4.39 Å².